The first kappa shape index (κ1) is 21.0. The number of para-hydroxylation sites is 1. The lowest BCUT2D eigenvalue weighted by Gasteiger charge is -2.11. The van der Waals surface area contributed by atoms with Crippen LogP contribution in [-0.4, -0.2) is 23.3 Å². The largest absolute Gasteiger partial charge is 0.325 e. The van der Waals surface area contributed by atoms with Gasteiger partial charge in [-0.25, -0.2) is 0 Å². The highest BCUT2D eigenvalue weighted by Gasteiger charge is 2.10. The van der Waals surface area contributed by atoms with Crippen molar-refractivity contribution in [3.63, 3.8) is 0 Å². The zero-order chi connectivity index (χ0) is 20.5. The summed E-state index contributed by atoms with van der Waals surface area (Å²) < 4.78 is 0. The summed E-state index contributed by atoms with van der Waals surface area (Å²) in [7, 11) is 0. The van der Waals surface area contributed by atoms with Gasteiger partial charge in [0, 0.05) is 15.5 Å². The molecule has 2 N–H and O–H groups in total. The molecule has 0 aromatic heterocycles. The Hall–Kier alpha value is -2.70. The van der Waals surface area contributed by atoms with Crippen LogP contribution >= 0.6 is 23.5 Å². The first-order chi connectivity index (χ1) is 14.1. The molecule has 0 aliphatic heterocycles. The Morgan fingerprint density at radius 1 is 0.759 bits per heavy atom. The van der Waals surface area contributed by atoms with Crippen LogP contribution in [0, 0.1) is 6.92 Å². The first-order valence-electron chi connectivity index (χ1n) is 9.16. The molecule has 0 heterocycles. The van der Waals surface area contributed by atoms with E-state index in [9.17, 15) is 9.59 Å². The second-order valence-electron chi connectivity index (χ2n) is 6.37. The van der Waals surface area contributed by atoms with E-state index in [0.29, 0.717) is 0 Å². The van der Waals surface area contributed by atoms with Gasteiger partial charge in [0.15, 0.2) is 0 Å². The van der Waals surface area contributed by atoms with Crippen molar-refractivity contribution >= 4 is 46.7 Å². The molecule has 4 nitrogen and oxygen atoms in total. The van der Waals surface area contributed by atoms with E-state index in [1.807, 2.05) is 85.8 Å². The lowest BCUT2D eigenvalue weighted by atomic mass is 10.2. The summed E-state index contributed by atoms with van der Waals surface area (Å²) in [5.41, 5.74) is 2.67. The molecule has 6 heteroatoms. The summed E-state index contributed by atoms with van der Waals surface area (Å²) in [6, 6.07) is 25.4. The minimum Gasteiger partial charge on any atom is -0.325 e. The molecule has 0 aliphatic rings. The van der Waals surface area contributed by atoms with Gasteiger partial charge in [0.05, 0.1) is 17.2 Å². The van der Waals surface area contributed by atoms with Gasteiger partial charge in [-0.05, 0) is 43.3 Å². The summed E-state index contributed by atoms with van der Waals surface area (Å²) in [6.07, 6.45) is 0. The van der Waals surface area contributed by atoms with E-state index in [1.165, 1.54) is 11.8 Å². The third kappa shape index (κ3) is 7.00. The number of nitrogens with one attached hydrogen (secondary N) is 2. The average molecular weight is 423 g/mol. The molecule has 0 radical (unpaired) electrons. The fourth-order valence-corrected chi connectivity index (χ4v) is 4.07. The van der Waals surface area contributed by atoms with E-state index in [4.69, 9.17) is 0 Å². The second kappa shape index (κ2) is 10.7. The van der Waals surface area contributed by atoms with Gasteiger partial charge >= 0.3 is 0 Å². The van der Waals surface area contributed by atoms with Crippen LogP contribution in [0.4, 0.5) is 11.4 Å². The standard InChI is InChI=1S/C23H22N2O2S2/c1-17-11-13-18(14-12-17)24-22(26)15-28-16-23(27)25-20-9-5-6-10-21(20)29-19-7-3-2-4-8-19/h2-14H,15-16H2,1H3,(H,24,26)(H,25,27). The number of anilines is 2. The Morgan fingerprint density at radius 2 is 1.38 bits per heavy atom. The molecule has 0 fully saturated rings. The van der Waals surface area contributed by atoms with Gasteiger partial charge in [0.25, 0.3) is 0 Å². The summed E-state index contributed by atoms with van der Waals surface area (Å²) in [5.74, 6) is 0.193. The highest BCUT2D eigenvalue weighted by atomic mass is 32.2. The molecule has 0 spiro atoms. The molecule has 29 heavy (non-hydrogen) atoms. The van der Waals surface area contributed by atoms with Crippen molar-refractivity contribution in [3.05, 3.63) is 84.4 Å². The van der Waals surface area contributed by atoms with Gasteiger partial charge in [0.2, 0.25) is 11.8 Å². The summed E-state index contributed by atoms with van der Waals surface area (Å²) in [6.45, 7) is 2.00. The van der Waals surface area contributed by atoms with Gasteiger partial charge in [-0.2, -0.15) is 0 Å². The highest BCUT2D eigenvalue weighted by Crippen LogP contribution is 2.33. The second-order valence-corrected chi connectivity index (χ2v) is 8.47. The number of benzene rings is 3. The van der Waals surface area contributed by atoms with Crippen molar-refractivity contribution < 1.29 is 9.59 Å². The van der Waals surface area contributed by atoms with Crippen LogP contribution in [0.3, 0.4) is 0 Å². The molecular weight excluding hydrogens is 400 g/mol. The molecule has 148 valence electrons. The Bertz CT molecular complexity index is 960. The molecule has 0 bridgehead atoms. The lowest BCUT2D eigenvalue weighted by Crippen LogP contribution is -2.18. The fourth-order valence-electron chi connectivity index (χ4n) is 2.53. The quantitative estimate of drug-likeness (QED) is 0.506. The Labute approximate surface area is 179 Å². The van der Waals surface area contributed by atoms with E-state index in [1.54, 1.807) is 11.8 Å². The van der Waals surface area contributed by atoms with Gasteiger partial charge in [0.1, 0.15) is 0 Å². The third-order valence-electron chi connectivity index (χ3n) is 3.93. The number of thioether (sulfide) groups is 1. The number of carbonyl (C=O) groups excluding carboxylic acids is 2. The van der Waals surface area contributed by atoms with Crippen LogP contribution in [-0.2, 0) is 9.59 Å². The molecule has 3 rings (SSSR count). The van der Waals surface area contributed by atoms with Crippen LogP contribution in [0.2, 0.25) is 0 Å². The van der Waals surface area contributed by atoms with E-state index in [-0.39, 0.29) is 23.3 Å². The first-order valence-corrected chi connectivity index (χ1v) is 11.1. The van der Waals surface area contributed by atoms with E-state index < -0.39 is 0 Å². The monoisotopic (exact) mass is 422 g/mol. The van der Waals surface area contributed by atoms with E-state index >= 15 is 0 Å². The predicted octanol–water partition coefficient (Wildman–Crippen LogP) is 5.46. The Balaban J connectivity index is 1.47. The lowest BCUT2D eigenvalue weighted by molar-refractivity contribution is -0.114. The minimum absolute atomic E-state index is 0.119. The SMILES string of the molecule is Cc1ccc(NC(=O)CSCC(=O)Nc2ccccc2Sc2ccccc2)cc1. The van der Waals surface area contributed by atoms with E-state index in [0.717, 1.165) is 26.7 Å². The van der Waals surface area contributed by atoms with Gasteiger partial charge in [-0.1, -0.05) is 59.8 Å². The van der Waals surface area contributed by atoms with Crippen molar-refractivity contribution in [2.24, 2.45) is 0 Å². The normalized spacial score (nSPS) is 10.4. The Kier molecular flexibility index (Phi) is 7.78. The molecule has 0 saturated carbocycles. The minimum atomic E-state index is -0.126. The zero-order valence-electron chi connectivity index (χ0n) is 16.1. The predicted molar refractivity (Wildman–Crippen MR) is 123 cm³/mol. The van der Waals surface area contributed by atoms with Crippen LogP contribution < -0.4 is 10.6 Å². The van der Waals surface area contributed by atoms with Crippen LogP contribution in [0.15, 0.2) is 88.7 Å². The molecule has 0 atom stereocenters. The molecule has 2 amide bonds. The number of hydrogen-bond donors (Lipinski definition) is 2. The number of rotatable bonds is 8. The fraction of sp³-hybridized carbons (Fsp3) is 0.130. The van der Waals surface area contributed by atoms with Gasteiger partial charge < -0.3 is 10.6 Å². The molecule has 3 aromatic carbocycles. The summed E-state index contributed by atoms with van der Waals surface area (Å²) >= 11 is 2.89. The summed E-state index contributed by atoms with van der Waals surface area (Å²) in [5, 5.41) is 5.78. The van der Waals surface area contributed by atoms with Crippen LogP contribution in [0.5, 0.6) is 0 Å². The highest BCUT2D eigenvalue weighted by molar-refractivity contribution is 8.00. The smallest absolute Gasteiger partial charge is 0.234 e. The van der Waals surface area contributed by atoms with Gasteiger partial charge in [-0.3, -0.25) is 9.59 Å². The zero-order valence-corrected chi connectivity index (χ0v) is 17.7. The molecule has 0 saturated heterocycles. The van der Waals surface area contributed by atoms with Crippen molar-refractivity contribution in [2.75, 3.05) is 22.1 Å². The number of aryl methyl sites for hydroxylation is 1. The average Bonchev–Trinajstić information content (AvgIpc) is 2.72. The third-order valence-corrected chi connectivity index (χ3v) is 5.95. The maximum Gasteiger partial charge on any atom is 0.234 e. The number of hydrogen-bond acceptors (Lipinski definition) is 4. The maximum atomic E-state index is 12.3. The van der Waals surface area contributed by atoms with Crippen molar-refractivity contribution in [2.45, 2.75) is 16.7 Å². The number of amides is 2. The topological polar surface area (TPSA) is 58.2 Å². The summed E-state index contributed by atoms with van der Waals surface area (Å²) in [4.78, 5) is 26.4. The van der Waals surface area contributed by atoms with Crippen LogP contribution in [0.25, 0.3) is 0 Å². The Morgan fingerprint density at radius 3 is 2.10 bits per heavy atom. The molecule has 0 aliphatic carbocycles. The van der Waals surface area contributed by atoms with Crippen molar-refractivity contribution in [1.29, 1.82) is 0 Å². The van der Waals surface area contributed by atoms with Gasteiger partial charge in [-0.15, -0.1) is 11.8 Å². The van der Waals surface area contributed by atoms with Crippen LogP contribution in [0.1, 0.15) is 5.56 Å². The molecular formula is C23H22N2O2S2. The molecule has 0 unspecified atom stereocenters. The van der Waals surface area contributed by atoms with Crippen molar-refractivity contribution in [3.8, 4) is 0 Å². The molecule has 3 aromatic rings. The maximum absolute atomic E-state index is 12.3. The number of carbonyl (C=O) groups is 2. The van der Waals surface area contributed by atoms with Crippen molar-refractivity contribution in [1.82, 2.24) is 0 Å². The van der Waals surface area contributed by atoms with E-state index in [2.05, 4.69) is 10.6 Å².